The van der Waals surface area contributed by atoms with E-state index < -0.39 is 11.9 Å². The fourth-order valence-electron chi connectivity index (χ4n) is 3.72. The quantitative estimate of drug-likeness (QED) is 0.383. The number of carbonyl (C=O) groups is 2. The number of nitrogens with two attached hydrogens (primary N) is 1. The summed E-state index contributed by atoms with van der Waals surface area (Å²) in [7, 11) is 0. The summed E-state index contributed by atoms with van der Waals surface area (Å²) < 4.78 is 13.2. The van der Waals surface area contributed by atoms with Crippen LogP contribution in [0.15, 0.2) is 84.9 Å². The van der Waals surface area contributed by atoms with Gasteiger partial charge in [-0.15, -0.1) is 0 Å². The highest BCUT2D eigenvalue weighted by Crippen LogP contribution is 2.27. The van der Waals surface area contributed by atoms with Gasteiger partial charge in [0.15, 0.2) is 0 Å². The van der Waals surface area contributed by atoms with Crippen molar-refractivity contribution in [1.82, 2.24) is 15.5 Å². The van der Waals surface area contributed by atoms with E-state index in [0.29, 0.717) is 28.9 Å². The standard InChI is InChI=1S/C26H23FN4O2/c27-19-12-10-18(11-13-19)23-16-24(31-30-23)21-8-4-5-9-22(21)26(33)29-20(15-25(28)32)14-17-6-2-1-3-7-17/h1-13,16,20H,14-15H2,(H2,28,32)(H,29,33)(H,30,31)/t20-/m1/s1. The summed E-state index contributed by atoms with van der Waals surface area (Å²) in [4.78, 5) is 24.8. The van der Waals surface area contributed by atoms with E-state index >= 15 is 0 Å². The summed E-state index contributed by atoms with van der Waals surface area (Å²) in [6.45, 7) is 0. The number of halogens is 1. The zero-order valence-corrected chi connectivity index (χ0v) is 17.8. The lowest BCUT2D eigenvalue weighted by molar-refractivity contribution is -0.118. The van der Waals surface area contributed by atoms with Crippen molar-refractivity contribution in [3.8, 4) is 22.5 Å². The first-order valence-corrected chi connectivity index (χ1v) is 10.5. The van der Waals surface area contributed by atoms with Crippen molar-refractivity contribution in [2.45, 2.75) is 18.9 Å². The maximum absolute atomic E-state index is 13.2. The third kappa shape index (κ3) is 5.51. The van der Waals surface area contributed by atoms with Crippen LogP contribution in [0, 0.1) is 5.82 Å². The van der Waals surface area contributed by atoms with Gasteiger partial charge in [-0.05, 0) is 53.9 Å². The van der Waals surface area contributed by atoms with Crippen molar-refractivity contribution >= 4 is 11.8 Å². The van der Waals surface area contributed by atoms with E-state index in [1.807, 2.05) is 42.5 Å². The van der Waals surface area contributed by atoms with Crippen LogP contribution in [0.2, 0.25) is 0 Å². The van der Waals surface area contributed by atoms with Crippen LogP contribution < -0.4 is 11.1 Å². The zero-order valence-electron chi connectivity index (χ0n) is 17.8. The molecule has 6 nitrogen and oxygen atoms in total. The summed E-state index contributed by atoms with van der Waals surface area (Å²) in [5.41, 5.74) is 9.54. The van der Waals surface area contributed by atoms with Crippen molar-refractivity contribution in [2.75, 3.05) is 0 Å². The summed E-state index contributed by atoms with van der Waals surface area (Å²) in [5, 5.41) is 10.2. The van der Waals surface area contributed by atoms with Gasteiger partial charge in [0, 0.05) is 23.6 Å². The molecule has 166 valence electrons. The molecule has 7 heteroatoms. The first-order chi connectivity index (χ1) is 16.0. The summed E-state index contributed by atoms with van der Waals surface area (Å²) in [5.74, 6) is -1.12. The van der Waals surface area contributed by atoms with Gasteiger partial charge < -0.3 is 11.1 Å². The molecular formula is C26H23FN4O2. The number of nitrogens with one attached hydrogen (secondary N) is 2. The minimum atomic E-state index is -0.485. The Morgan fingerprint density at radius 2 is 1.67 bits per heavy atom. The van der Waals surface area contributed by atoms with E-state index in [9.17, 15) is 14.0 Å². The topological polar surface area (TPSA) is 101 Å². The van der Waals surface area contributed by atoms with Crippen LogP contribution in [-0.4, -0.2) is 28.1 Å². The number of aromatic nitrogens is 2. The normalized spacial score (nSPS) is 11.7. The lowest BCUT2D eigenvalue weighted by Gasteiger charge is -2.18. The van der Waals surface area contributed by atoms with Crippen LogP contribution in [-0.2, 0) is 11.2 Å². The molecule has 4 aromatic rings. The second-order valence-electron chi connectivity index (χ2n) is 7.75. The van der Waals surface area contributed by atoms with Crippen LogP contribution in [0.1, 0.15) is 22.3 Å². The van der Waals surface area contributed by atoms with Crippen molar-refractivity contribution in [3.63, 3.8) is 0 Å². The Balaban J connectivity index is 1.57. The highest BCUT2D eigenvalue weighted by molar-refractivity contribution is 6.01. The van der Waals surface area contributed by atoms with Crippen LogP contribution in [0.25, 0.3) is 22.5 Å². The maximum atomic E-state index is 13.2. The first kappa shape index (κ1) is 22.0. The van der Waals surface area contributed by atoms with Gasteiger partial charge >= 0.3 is 0 Å². The Kier molecular flexibility index (Phi) is 6.59. The van der Waals surface area contributed by atoms with Crippen LogP contribution in [0.5, 0.6) is 0 Å². The number of aromatic amines is 1. The number of carbonyl (C=O) groups excluding carboxylic acids is 2. The average molecular weight is 442 g/mol. The highest BCUT2D eigenvalue weighted by Gasteiger charge is 2.20. The van der Waals surface area contributed by atoms with Crippen molar-refractivity contribution in [1.29, 1.82) is 0 Å². The number of nitrogens with zero attached hydrogens (tertiary/aromatic N) is 1. The molecule has 0 fully saturated rings. The first-order valence-electron chi connectivity index (χ1n) is 10.5. The second-order valence-corrected chi connectivity index (χ2v) is 7.75. The second kappa shape index (κ2) is 9.91. The molecule has 0 spiro atoms. The number of H-pyrrole nitrogens is 1. The van der Waals surface area contributed by atoms with Crippen molar-refractivity contribution in [2.24, 2.45) is 5.73 Å². The number of hydrogen-bond acceptors (Lipinski definition) is 3. The van der Waals surface area contributed by atoms with Crippen LogP contribution in [0.4, 0.5) is 4.39 Å². The number of rotatable bonds is 8. The Hall–Kier alpha value is -4.26. The highest BCUT2D eigenvalue weighted by atomic mass is 19.1. The fraction of sp³-hybridized carbons (Fsp3) is 0.115. The molecule has 0 aliphatic rings. The smallest absolute Gasteiger partial charge is 0.252 e. The molecule has 2 amide bonds. The molecule has 0 aliphatic carbocycles. The fourth-order valence-corrected chi connectivity index (χ4v) is 3.72. The molecule has 1 heterocycles. The Morgan fingerprint density at radius 3 is 2.39 bits per heavy atom. The molecule has 33 heavy (non-hydrogen) atoms. The minimum absolute atomic E-state index is 0.0277. The molecule has 3 aromatic carbocycles. The molecule has 4 rings (SSSR count). The Morgan fingerprint density at radius 1 is 0.970 bits per heavy atom. The van der Waals surface area contributed by atoms with Gasteiger partial charge in [-0.2, -0.15) is 5.10 Å². The van der Waals surface area contributed by atoms with E-state index in [1.165, 1.54) is 12.1 Å². The van der Waals surface area contributed by atoms with Crippen molar-refractivity contribution in [3.05, 3.63) is 102 Å². The molecule has 0 unspecified atom stereocenters. The molecule has 1 atom stereocenters. The molecule has 4 N–H and O–H groups in total. The summed E-state index contributed by atoms with van der Waals surface area (Å²) in [6.07, 6.45) is 0.509. The summed E-state index contributed by atoms with van der Waals surface area (Å²) >= 11 is 0. The lowest BCUT2D eigenvalue weighted by atomic mass is 10.00. The van der Waals surface area contributed by atoms with Crippen LogP contribution >= 0.6 is 0 Å². The number of primary amides is 1. The lowest BCUT2D eigenvalue weighted by Crippen LogP contribution is -2.39. The Labute approximate surface area is 190 Å². The summed E-state index contributed by atoms with van der Waals surface area (Å²) in [6, 6.07) is 24.1. The predicted octanol–water partition coefficient (Wildman–Crippen LogP) is 4.10. The van der Waals surface area contributed by atoms with Gasteiger partial charge in [0.2, 0.25) is 5.91 Å². The SMILES string of the molecule is NC(=O)C[C@@H](Cc1ccccc1)NC(=O)c1ccccc1-c1cc(-c2ccc(F)cc2)[nH]n1. The minimum Gasteiger partial charge on any atom is -0.370 e. The predicted molar refractivity (Wildman–Crippen MR) is 125 cm³/mol. The van der Waals surface area contributed by atoms with E-state index in [1.54, 1.807) is 30.3 Å². The average Bonchev–Trinajstić information content (AvgIpc) is 3.30. The van der Waals surface area contributed by atoms with Gasteiger partial charge in [-0.1, -0.05) is 48.5 Å². The molecule has 0 bridgehead atoms. The third-order valence-corrected chi connectivity index (χ3v) is 5.29. The maximum Gasteiger partial charge on any atom is 0.252 e. The van der Waals surface area contributed by atoms with Crippen molar-refractivity contribution < 1.29 is 14.0 Å². The third-order valence-electron chi connectivity index (χ3n) is 5.29. The largest absolute Gasteiger partial charge is 0.370 e. The van der Waals surface area contributed by atoms with E-state index in [-0.39, 0.29) is 18.1 Å². The Bertz CT molecular complexity index is 1250. The molecular weight excluding hydrogens is 419 g/mol. The van der Waals surface area contributed by atoms with Gasteiger partial charge in [-0.25, -0.2) is 4.39 Å². The molecule has 0 radical (unpaired) electrons. The van der Waals surface area contributed by atoms with E-state index in [4.69, 9.17) is 5.73 Å². The van der Waals surface area contributed by atoms with Gasteiger partial charge in [0.1, 0.15) is 5.82 Å². The monoisotopic (exact) mass is 442 g/mol. The van der Waals surface area contributed by atoms with Gasteiger partial charge in [0.05, 0.1) is 11.4 Å². The van der Waals surface area contributed by atoms with Crippen LogP contribution in [0.3, 0.4) is 0 Å². The zero-order chi connectivity index (χ0) is 23.2. The number of hydrogen-bond donors (Lipinski definition) is 3. The van der Waals surface area contributed by atoms with Gasteiger partial charge in [0.25, 0.3) is 5.91 Å². The molecule has 0 aliphatic heterocycles. The molecule has 0 saturated heterocycles. The number of amides is 2. The van der Waals surface area contributed by atoms with E-state index in [2.05, 4.69) is 15.5 Å². The van der Waals surface area contributed by atoms with Gasteiger partial charge in [-0.3, -0.25) is 14.7 Å². The molecule has 1 aromatic heterocycles. The van der Waals surface area contributed by atoms with E-state index in [0.717, 1.165) is 11.1 Å². The number of benzene rings is 3. The molecule has 0 saturated carbocycles.